The number of methoxy groups -OCH3 is 1. The molecule has 2 aromatic rings. The third-order valence-electron chi connectivity index (χ3n) is 6.34. The largest absolute Gasteiger partial charge is 0.497 e. The molecule has 3 amide bonds. The van der Waals surface area contributed by atoms with Crippen molar-refractivity contribution in [2.24, 2.45) is 18.9 Å². The Hall–Kier alpha value is -3.16. The van der Waals surface area contributed by atoms with Gasteiger partial charge in [0.1, 0.15) is 17.6 Å². The van der Waals surface area contributed by atoms with Crippen LogP contribution in [0.3, 0.4) is 0 Å². The Morgan fingerprint density at radius 3 is 2.55 bits per heavy atom. The van der Waals surface area contributed by atoms with Gasteiger partial charge in [-0.1, -0.05) is 25.0 Å². The lowest BCUT2D eigenvalue weighted by molar-refractivity contribution is -0.140. The maximum absolute atomic E-state index is 12.8. The van der Waals surface area contributed by atoms with Crippen molar-refractivity contribution < 1.29 is 19.1 Å². The van der Waals surface area contributed by atoms with E-state index in [0.717, 1.165) is 31.2 Å². The zero-order valence-corrected chi connectivity index (χ0v) is 17.9. The van der Waals surface area contributed by atoms with Crippen molar-refractivity contribution in [1.29, 1.82) is 0 Å². The van der Waals surface area contributed by atoms with Crippen LogP contribution in [0.25, 0.3) is 0 Å². The van der Waals surface area contributed by atoms with E-state index >= 15 is 0 Å². The van der Waals surface area contributed by atoms with Crippen LogP contribution in [0.1, 0.15) is 49.5 Å². The number of aryl methyl sites for hydroxylation is 1. The number of likely N-dealkylation sites (tertiary alicyclic amines) is 1. The van der Waals surface area contributed by atoms with E-state index in [1.165, 1.54) is 4.90 Å². The Bertz CT molecular complexity index is 961. The van der Waals surface area contributed by atoms with Crippen LogP contribution < -0.4 is 10.1 Å². The average molecular weight is 425 g/mol. The zero-order valence-electron chi connectivity index (χ0n) is 17.9. The smallest absolute Gasteiger partial charge is 0.233 e. The summed E-state index contributed by atoms with van der Waals surface area (Å²) in [7, 11) is 3.46. The molecule has 1 aliphatic carbocycles. The first-order valence-electron chi connectivity index (χ1n) is 10.8. The van der Waals surface area contributed by atoms with Crippen molar-refractivity contribution in [1.82, 2.24) is 19.8 Å². The van der Waals surface area contributed by atoms with Crippen molar-refractivity contribution in [3.05, 3.63) is 48.0 Å². The van der Waals surface area contributed by atoms with E-state index in [2.05, 4.69) is 10.3 Å². The molecule has 164 valence electrons. The van der Waals surface area contributed by atoms with Gasteiger partial charge in [-0.2, -0.15) is 0 Å². The molecule has 2 aliphatic rings. The van der Waals surface area contributed by atoms with Gasteiger partial charge >= 0.3 is 0 Å². The minimum absolute atomic E-state index is 0.0574. The van der Waals surface area contributed by atoms with Crippen molar-refractivity contribution in [2.45, 2.75) is 38.1 Å². The molecule has 1 aromatic carbocycles. The van der Waals surface area contributed by atoms with E-state index in [1.807, 2.05) is 42.1 Å². The van der Waals surface area contributed by atoms with Crippen molar-refractivity contribution in [3.63, 3.8) is 0 Å². The molecule has 1 N–H and O–H groups in total. The number of nitrogens with one attached hydrogen (secondary N) is 1. The normalized spacial score (nSPS) is 21.7. The number of benzene rings is 1. The lowest BCUT2D eigenvalue weighted by atomic mass is 9.81. The number of hydrogen-bond acceptors (Lipinski definition) is 5. The Morgan fingerprint density at radius 2 is 1.94 bits per heavy atom. The molecule has 1 aromatic heterocycles. The molecule has 2 fully saturated rings. The molecule has 0 spiro atoms. The van der Waals surface area contributed by atoms with Gasteiger partial charge in [0.15, 0.2) is 0 Å². The molecule has 2 heterocycles. The van der Waals surface area contributed by atoms with Crippen LogP contribution in [0.5, 0.6) is 5.75 Å². The van der Waals surface area contributed by atoms with Crippen LogP contribution in [-0.2, 0) is 21.4 Å². The number of rotatable bonds is 7. The van der Waals surface area contributed by atoms with E-state index in [-0.39, 0.29) is 42.5 Å². The van der Waals surface area contributed by atoms with Crippen molar-refractivity contribution in [3.8, 4) is 5.75 Å². The predicted octanol–water partition coefficient (Wildman–Crippen LogP) is 2.20. The van der Waals surface area contributed by atoms with Gasteiger partial charge in [-0.05, 0) is 30.5 Å². The third kappa shape index (κ3) is 4.19. The Labute approximate surface area is 181 Å². The second-order valence-corrected chi connectivity index (χ2v) is 8.25. The number of carbonyl (C=O) groups is 3. The van der Waals surface area contributed by atoms with Crippen molar-refractivity contribution in [2.75, 3.05) is 13.7 Å². The van der Waals surface area contributed by atoms with Crippen LogP contribution >= 0.6 is 0 Å². The molecule has 0 bridgehead atoms. The highest BCUT2D eigenvalue weighted by molar-refractivity contribution is 6.05. The number of carbonyl (C=O) groups excluding carboxylic acids is 3. The van der Waals surface area contributed by atoms with Gasteiger partial charge < -0.3 is 14.6 Å². The Kier molecular flexibility index (Phi) is 6.06. The zero-order chi connectivity index (χ0) is 22.0. The summed E-state index contributed by atoms with van der Waals surface area (Å²) in [6.07, 6.45) is 7.07. The molecule has 1 saturated carbocycles. The van der Waals surface area contributed by atoms with Gasteiger partial charge in [0, 0.05) is 32.4 Å². The lowest BCUT2D eigenvalue weighted by Gasteiger charge is -2.21. The second kappa shape index (κ2) is 8.91. The predicted molar refractivity (Wildman–Crippen MR) is 113 cm³/mol. The van der Waals surface area contributed by atoms with Crippen LogP contribution in [0.2, 0.25) is 0 Å². The molecule has 1 aliphatic heterocycles. The monoisotopic (exact) mass is 424 g/mol. The first-order valence-corrected chi connectivity index (χ1v) is 10.8. The first kappa shape index (κ1) is 21.1. The fraction of sp³-hybridized carbons (Fsp3) is 0.478. The first-order chi connectivity index (χ1) is 15.0. The minimum atomic E-state index is -0.477. The highest BCUT2D eigenvalue weighted by Crippen LogP contribution is 2.38. The van der Waals surface area contributed by atoms with Crippen LogP contribution in [0.15, 0.2) is 36.7 Å². The summed E-state index contributed by atoms with van der Waals surface area (Å²) in [6.45, 7) is 0.113. The molecule has 1 saturated heterocycles. The molecular weight excluding hydrogens is 396 g/mol. The third-order valence-corrected chi connectivity index (χ3v) is 6.34. The Morgan fingerprint density at radius 1 is 1.23 bits per heavy atom. The number of hydrogen-bond donors (Lipinski definition) is 1. The molecule has 4 rings (SSSR count). The summed E-state index contributed by atoms with van der Waals surface area (Å²) in [5.41, 5.74) is 0.835. The van der Waals surface area contributed by atoms with E-state index < -0.39 is 6.04 Å². The highest BCUT2D eigenvalue weighted by atomic mass is 16.5. The fourth-order valence-corrected chi connectivity index (χ4v) is 4.67. The number of aromatic nitrogens is 2. The summed E-state index contributed by atoms with van der Waals surface area (Å²) in [4.78, 5) is 43.8. The maximum Gasteiger partial charge on any atom is 0.233 e. The molecule has 3 atom stereocenters. The van der Waals surface area contributed by atoms with Gasteiger partial charge in [0.2, 0.25) is 17.7 Å². The molecule has 8 nitrogen and oxygen atoms in total. The number of amides is 3. The summed E-state index contributed by atoms with van der Waals surface area (Å²) >= 11 is 0. The van der Waals surface area contributed by atoms with E-state index in [1.54, 1.807) is 13.3 Å². The van der Waals surface area contributed by atoms with E-state index in [4.69, 9.17) is 4.74 Å². The number of nitrogens with zero attached hydrogens (tertiary/aromatic N) is 3. The summed E-state index contributed by atoms with van der Waals surface area (Å²) in [6, 6.07) is 6.98. The second-order valence-electron chi connectivity index (χ2n) is 8.25. The number of fused-ring (bicyclic) bond motifs is 1. The molecular formula is C23H28N4O4. The van der Waals surface area contributed by atoms with Crippen LogP contribution in [0, 0.1) is 11.8 Å². The van der Waals surface area contributed by atoms with Gasteiger partial charge in [0.25, 0.3) is 0 Å². The number of ether oxygens (including phenoxy) is 1. The van der Waals surface area contributed by atoms with Gasteiger partial charge in [-0.15, -0.1) is 0 Å². The summed E-state index contributed by atoms with van der Waals surface area (Å²) in [5, 5.41) is 3.02. The lowest BCUT2D eigenvalue weighted by Crippen LogP contribution is -2.37. The van der Waals surface area contributed by atoms with E-state index in [9.17, 15) is 14.4 Å². The summed E-state index contributed by atoms with van der Waals surface area (Å²) < 4.78 is 7.17. The topological polar surface area (TPSA) is 93.5 Å². The highest BCUT2D eigenvalue weighted by Gasteiger charge is 2.47. The molecule has 31 heavy (non-hydrogen) atoms. The average Bonchev–Trinajstić information content (AvgIpc) is 3.32. The van der Waals surface area contributed by atoms with Gasteiger partial charge in [0.05, 0.1) is 18.9 Å². The number of imidazole rings is 1. The molecule has 8 heteroatoms. The van der Waals surface area contributed by atoms with Gasteiger partial charge in [-0.3, -0.25) is 19.3 Å². The van der Waals surface area contributed by atoms with Gasteiger partial charge in [-0.25, -0.2) is 4.98 Å². The SMILES string of the molecule is COc1cccc(C(NC(=O)CCN2C(=O)C3CCCCC3C2=O)c2nccn2C)c1. The minimum Gasteiger partial charge on any atom is -0.497 e. The Balaban J connectivity index is 1.46. The quantitative estimate of drug-likeness (QED) is 0.688. The van der Waals surface area contributed by atoms with E-state index in [0.29, 0.717) is 11.6 Å². The van der Waals surface area contributed by atoms with Crippen molar-refractivity contribution >= 4 is 17.7 Å². The molecule has 0 radical (unpaired) electrons. The molecule has 3 unspecified atom stereocenters. The standard InChI is InChI=1S/C23H28N4O4/c1-26-13-11-24-21(26)20(15-6-5-7-16(14-15)31-2)25-19(28)10-12-27-22(29)17-8-3-4-9-18(17)23(27)30/h5-7,11,13-14,17-18,20H,3-4,8-10,12H2,1-2H3,(H,25,28). The van der Waals surface area contributed by atoms with Crippen LogP contribution in [-0.4, -0.2) is 45.8 Å². The summed E-state index contributed by atoms with van der Waals surface area (Å²) in [5.74, 6) is 0.504. The number of imide groups is 1. The maximum atomic E-state index is 12.8. The van der Waals surface area contributed by atoms with Crippen LogP contribution in [0.4, 0.5) is 0 Å². The fourth-order valence-electron chi connectivity index (χ4n) is 4.67.